The topological polar surface area (TPSA) is 46.0 Å². The summed E-state index contributed by atoms with van der Waals surface area (Å²) in [5.74, 6) is 5.81. The SMILES string of the molecule is Cc1nccc(CC#CC(C)(O)CF)n1. The lowest BCUT2D eigenvalue weighted by Gasteiger charge is -2.09. The van der Waals surface area contributed by atoms with Gasteiger partial charge < -0.3 is 5.11 Å². The van der Waals surface area contributed by atoms with Gasteiger partial charge in [0.05, 0.1) is 12.1 Å². The number of alkyl halides is 1. The summed E-state index contributed by atoms with van der Waals surface area (Å²) in [6.07, 6.45) is 2.03. The van der Waals surface area contributed by atoms with Crippen LogP contribution in [-0.4, -0.2) is 27.4 Å². The molecule has 0 aromatic carbocycles. The number of aromatic nitrogens is 2. The molecule has 0 aliphatic carbocycles. The van der Waals surface area contributed by atoms with Crippen molar-refractivity contribution in [3.05, 3.63) is 23.8 Å². The van der Waals surface area contributed by atoms with Crippen LogP contribution >= 0.6 is 0 Å². The van der Waals surface area contributed by atoms with Crippen LogP contribution in [0.2, 0.25) is 0 Å². The van der Waals surface area contributed by atoms with Gasteiger partial charge in [0, 0.05) is 6.20 Å². The third kappa shape index (κ3) is 4.05. The van der Waals surface area contributed by atoms with E-state index >= 15 is 0 Å². The molecular formula is C11H13FN2O. The number of halogens is 1. The molecule has 0 saturated heterocycles. The molecule has 4 heteroatoms. The highest BCUT2D eigenvalue weighted by molar-refractivity contribution is 5.17. The summed E-state index contributed by atoms with van der Waals surface area (Å²) in [5.41, 5.74) is -0.785. The van der Waals surface area contributed by atoms with Crippen molar-refractivity contribution in [3.8, 4) is 11.8 Å². The van der Waals surface area contributed by atoms with Crippen LogP contribution in [0.25, 0.3) is 0 Å². The Morgan fingerprint density at radius 3 is 2.93 bits per heavy atom. The maximum absolute atomic E-state index is 12.2. The molecule has 0 aliphatic rings. The van der Waals surface area contributed by atoms with Gasteiger partial charge in [-0.25, -0.2) is 14.4 Å². The van der Waals surface area contributed by atoms with E-state index in [1.165, 1.54) is 6.92 Å². The van der Waals surface area contributed by atoms with Gasteiger partial charge in [-0.2, -0.15) is 0 Å². The lowest BCUT2D eigenvalue weighted by molar-refractivity contribution is 0.0904. The van der Waals surface area contributed by atoms with Gasteiger partial charge in [-0.15, -0.1) is 0 Å². The Kier molecular flexibility index (Phi) is 3.75. The fraction of sp³-hybridized carbons (Fsp3) is 0.455. The number of nitrogens with zero attached hydrogens (tertiary/aromatic N) is 2. The Morgan fingerprint density at radius 2 is 2.33 bits per heavy atom. The second-order valence-corrected chi connectivity index (χ2v) is 3.48. The summed E-state index contributed by atoms with van der Waals surface area (Å²) in [5, 5.41) is 9.27. The highest BCUT2D eigenvalue weighted by Crippen LogP contribution is 2.01. The zero-order chi connectivity index (χ0) is 11.3. The van der Waals surface area contributed by atoms with E-state index in [2.05, 4.69) is 21.8 Å². The largest absolute Gasteiger partial charge is 0.375 e. The minimum Gasteiger partial charge on any atom is -0.375 e. The van der Waals surface area contributed by atoms with Crippen molar-refractivity contribution in [3.63, 3.8) is 0 Å². The molecule has 1 aromatic rings. The van der Waals surface area contributed by atoms with Gasteiger partial charge in [0.2, 0.25) is 0 Å². The smallest absolute Gasteiger partial charge is 0.150 e. The lowest BCUT2D eigenvalue weighted by Crippen LogP contribution is -2.23. The Morgan fingerprint density at radius 1 is 1.60 bits per heavy atom. The fourth-order valence-electron chi connectivity index (χ4n) is 0.962. The van der Waals surface area contributed by atoms with Crippen molar-refractivity contribution >= 4 is 0 Å². The van der Waals surface area contributed by atoms with Gasteiger partial charge in [0.1, 0.15) is 12.5 Å². The molecule has 0 aliphatic heterocycles. The third-order valence-electron chi connectivity index (χ3n) is 1.72. The molecule has 15 heavy (non-hydrogen) atoms. The van der Waals surface area contributed by atoms with Crippen molar-refractivity contribution in [1.82, 2.24) is 9.97 Å². The molecule has 0 amide bonds. The minimum atomic E-state index is -1.55. The summed E-state index contributed by atoms with van der Waals surface area (Å²) in [4.78, 5) is 8.07. The molecule has 1 aromatic heterocycles. The average Bonchev–Trinajstić information content (AvgIpc) is 2.18. The third-order valence-corrected chi connectivity index (χ3v) is 1.72. The number of hydrogen-bond donors (Lipinski definition) is 1. The van der Waals surface area contributed by atoms with Gasteiger partial charge in [-0.1, -0.05) is 11.8 Å². The summed E-state index contributed by atoms with van der Waals surface area (Å²) >= 11 is 0. The first kappa shape index (κ1) is 11.6. The van der Waals surface area contributed by atoms with Gasteiger partial charge in [-0.05, 0) is 19.9 Å². The first-order valence-electron chi connectivity index (χ1n) is 4.60. The number of aryl methyl sites for hydroxylation is 1. The molecule has 0 saturated carbocycles. The van der Waals surface area contributed by atoms with Gasteiger partial charge in [-0.3, -0.25) is 0 Å². The second kappa shape index (κ2) is 4.85. The predicted octanol–water partition coefficient (Wildman–Crippen LogP) is 1.05. The van der Waals surface area contributed by atoms with Crippen molar-refractivity contribution in [1.29, 1.82) is 0 Å². The van der Waals surface area contributed by atoms with Crippen LogP contribution < -0.4 is 0 Å². The molecule has 3 nitrogen and oxygen atoms in total. The van der Waals surface area contributed by atoms with Crippen LogP contribution in [0.15, 0.2) is 12.3 Å². The molecule has 1 atom stereocenters. The monoisotopic (exact) mass is 208 g/mol. The molecule has 0 radical (unpaired) electrons. The maximum Gasteiger partial charge on any atom is 0.150 e. The quantitative estimate of drug-likeness (QED) is 0.739. The van der Waals surface area contributed by atoms with Crippen LogP contribution in [0.3, 0.4) is 0 Å². The van der Waals surface area contributed by atoms with Crippen LogP contribution in [0.4, 0.5) is 4.39 Å². The van der Waals surface area contributed by atoms with Crippen LogP contribution in [-0.2, 0) is 6.42 Å². The molecule has 80 valence electrons. The van der Waals surface area contributed by atoms with E-state index in [-0.39, 0.29) is 0 Å². The molecule has 1 rings (SSSR count). The lowest BCUT2D eigenvalue weighted by atomic mass is 10.1. The van der Waals surface area contributed by atoms with Crippen LogP contribution in [0.1, 0.15) is 18.4 Å². The van der Waals surface area contributed by atoms with E-state index in [0.717, 1.165) is 5.69 Å². The Bertz CT molecular complexity index is 393. The normalized spacial score (nSPS) is 13.9. The minimum absolute atomic E-state index is 0.388. The van der Waals surface area contributed by atoms with Crippen molar-refractivity contribution in [2.75, 3.05) is 6.67 Å². The summed E-state index contributed by atoms with van der Waals surface area (Å²) in [7, 11) is 0. The standard InChI is InChI=1S/C11H13FN2O/c1-9-13-7-5-10(14-9)4-3-6-11(2,15)8-12/h5,7,15H,4,8H2,1-2H3. The first-order valence-corrected chi connectivity index (χ1v) is 4.60. The van der Waals surface area contributed by atoms with Gasteiger partial charge in [0.15, 0.2) is 5.60 Å². The highest BCUT2D eigenvalue weighted by atomic mass is 19.1. The maximum atomic E-state index is 12.2. The van der Waals surface area contributed by atoms with Crippen molar-refractivity contribution in [2.24, 2.45) is 0 Å². The van der Waals surface area contributed by atoms with E-state index in [9.17, 15) is 9.50 Å². The molecular weight excluding hydrogens is 195 g/mol. The first-order chi connectivity index (χ1) is 7.03. The molecule has 0 spiro atoms. The molecule has 1 heterocycles. The van der Waals surface area contributed by atoms with Gasteiger partial charge >= 0.3 is 0 Å². The zero-order valence-corrected chi connectivity index (χ0v) is 8.79. The van der Waals surface area contributed by atoms with E-state index in [1.54, 1.807) is 19.2 Å². The van der Waals surface area contributed by atoms with Crippen LogP contribution in [0.5, 0.6) is 0 Å². The Balaban J connectivity index is 2.65. The Hall–Kier alpha value is -1.47. The number of rotatable bonds is 2. The molecule has 0 fully saturated rings. The second-order valence-electron chi connectivity index (χ2n) is 3.48. The predicted molar refractivity (Wildman–Crippen MR) is 54.8 cm³/mol. The molecule has 1 unspecified atom stereocenters. The Labute approximate surface area is 88.4 Å². The average molecular weight is 208 g/mol. The van der Waals surface area contributed by atoms with E-state index < -0.39 is 12.3 Å². The summed E-state index contributed by atoms with van der Waals surface area (Å²) in [6.45, 7) is 2.25. The van der Waals surface area contributed by atoms with Crippen molar-refractivity contribution < 1.29 is 9.50 Å². The van der Waals surface area contributed by atoms with E-state index in [1.807, 2.05) is 0 Å². The fourth-order valence-corrected chi connectivity index (χ4v) is 0.962. The van der Waals surface area contributed by atoms with E-state index in [4.69, 9.17) is 0 Å². The van der Waals surface area contributed by atoms with E-state index in [0.29, 0.717) is 12.2 Å². The molecule has 1 N–H and O–H groups in total. The highest BCUT2D eigenvalue weighted by Gasteiger charge is 2.15. The zero-order valence-electron chi connectivity index (χ0n) is 8.79. The van der Waals surface area contributed by atoms with Crippen molar-refractivity contribution in [2.45, 2.75) is 25.9 Å². The van der Waals surface area contributed by atoms with Crippen LogP contribution in [0, 0.1) is 18.8 Å². The molecule has 0 bridgehead atoms. The summed E-state index contributed by atoms with van der Waals surface area (Å²) in [6, 6.07) is 1.74. The number of aliphatic hydroxyl groups is 1. The van der Waals surface area contributed by atoms with Gasteiger partial charge in [0.25, 0.3) is 0 Å². The number of hydrogen-bond acceptors (Lipinski definition) is 3. The summed E-state index contributed by atoms with van der Waals surface area (Å²) < 4.78 is 12.2.